The van der Waals surface area contributed by atoms with Crippen molar-refractivity contribution in [3.05, 3.63) is 0 Å². The number of aliphatic hydroxyl groups excluding tert-OH is 16. The molecule has 5 heterocycles. The molecule has 27 nitrogen and oxygen atoms in total. The Morgan fingerprint density at radius 2 is 0.847 bits per heavy atom. The minimum Gasteiger partial charge on any atom is -0.394 e. The maximum Gasteiger partial charge on any atom is 0.217 e. The van der Waals surface area contributed by atoms with Crippen LogP contribution in [0.3, 0.4) is 0 Å². The molecule has 5 aliphatic rings. The molecule has 344 valence electrons. The highest BCUT2D eigenvalue weighted by atomic mass is 16.8. The molecule has 25 atom stereocenters. The van der Waals surface area contributed by atoms with Crippen LogP contribution in [0.2, 0.25) is 0 Å². The molecule has 0 unspecified atom stereocenters. The molecular weight excluding hydrogens is 814 g/mol. The topological polar surface area (TPSA) is 436 Å². The number of hydrogen-bond donors (Lipinski definition) is 17. The average Bonchev–Trinajstić information content (AvgIpc) is 3.21. The van der Waals surface area contributed by atoms with Gasteiger partial charge in [0, 0.05) is 6.92 Å². The maximum atomic E-state index is 12.3. The second kappa shape index (κ2) is 20.8. The Hall–Kier alpha value is -1.53. The summed E-state index contributed by atoms with van der Waals surface area (Å²) in [7, 11) is 0. The quantitative estimate of drug-likeness (QED) is 0.0770. The zero-order valence-corrected chi connectivity index (χ0v) is 31.2. The van der Waals surface area contributed by atoms with Crippen molar-refractivity contribution in [2.24, 2.45) is 0 Å². The van der Waals surface area contributed by atoms with E-state index in [9.17, 15) is 86.5 Å². The van der Waals surface area contributed by atoms with E-state index in [1.807, 2.05) is 0 Å². The van der Waals surface area contributed by atoms with Gasteiger partial charge in [0.2, 0.25) is 5.91 Å². The molecule has 59 heavy (non-hydrogen) atoms. The molecule has 0 aliphatic carbocycles. The summed E-state index contributed by atoms with van der Waals surface area (Å²) in [5.74, 6) is -0.796. The third kappa shape index (κ3) is 10.3. The maximum absolute atomic E-state index is 12.3. The van der Waals surface area contributed by atoms with E-state index >= 15 is 0 Å². The van der Waals surface area contributed by atoms with Crippen molar-refractivity contribution in [2.45, 2.75) is 160 Å². The zero-order valence-electron chi connectivity index (χ0n) is 31.2. The third-order valence-corrected chi connectivity index (χ3v) is 10.7. The van der Waals surface area contributed by atoms with Crippen LogP contribution in [0.25, 0.3) is 0 Å². The molecule has 0 aromatic rings. The smallest absolute Gasteiger partial charge is 0.217 e. The first-order valence-electron chi connectivity index (χ1n) is 18.6. The van der Waals surface area contributed by atoms with Gasteiger partial charge in [-0.25, -0.2) is 0 Å². The summed E-state index contributed by atoms with van der Waals surface area (Å²) in [6, 6.07) is -1.68. The second-order valence-electron chi connectivity index (χ2n) is 14.7. The van der Waals surface area contributed by atoms with Crippen LogP contribution < -0.4 is 5.32 Å². The van der Waals surface area contributed by atoms with Crippen LogP contribution >= 0.6 is 0 Å². The lowest BCUT2D eigenvalue weighted by Gasteiger charge is -2.49. The first-order valence-corrected chi connectivity index (χ1v) is 18.6. The first kappa shape index (κ1) is 48.5. The van der Waals surface area contributed by atoms with Gasteiger partial charge in [0.05, 0.1) is 33.0 Å². The standard InChI is InChI=1S/C32H55NO26/c1-7(38)33-13-17(42)25(58-30-23(48)18(43)14(39)8(2-34)53-30)11(5-37)56-29(13)57-26-12(52-28(50)22(47)21(26)46)6-51-32-27(20(45)16(41)10(4-36)55-32)59-31-24(49)19(44)15(40)9(3-35)54-31/h8-32,34-37,39-50H,2-6H2,1H3,(H,33,38)/t8-,9-,10+,11+,12-,13+,14-,15-,16+,17+,18+,19+,20-,21+,22+,23-,24+,25-,26-,27-,28+,29+,30-,31+,32-/m1/s1. The van der Waals surface area contributed by atoms with Crippen LogP contribution in [0.1, 0.15) is 6.92 Å². The van der Waals surface area contributed by atoms with Crippen LogP contribution in [0.15, 0.2) is 0 Å². The van der Waals surface area contributed by atoms with Crippen molar-refractivity contribution in [2.75, 3.05) is 33.0 Å². The molecule has 0 spiro atoms. The van der Waals surface area contributed by atoms with E-state index in [1.54, 1.807) is 0 Å². The van der Waals surface area contributed by atoms with Crippen LogP contribution in [0.5, 0.6) is 0 Å². The van der Waals surface area contributed by atoms with E-state index in [-0.39, 0.29) is 0 Å². The Morgan fingerprint density at radius 1 is 0.441 bits per heavy atom. The molecule has 0 aromatic heterocycles. The second-order valence-corrected chi connectivity index (χ2v) is 14.7. The van der Waals surface area contributed by atoms with Crippen LogP contribution in [-0.4, -0.2) is 274 Å². The lowest BCUT2D eigenvalue weighted by molar-refractivity contribution is -0.379. The summed E-state index contributed by atoms with van der Waals surface area (Å²) in [5.41, 5.74) is 0. The minimum absolute atomic E-state index is 0.796. The van der Waals surface area contributed by atoms with Gasteiger partial charge in [-0.2, -0.15) is 0 Å². The fourth-order valence-corrected chi connectivity index (χ4v) is 7.31. The monoisotopic (exact) mass is 869 g/mol. The Kier molecular flexibility index (Phi) is 17.1. The summed E-state index contributed by atoms with van der Waals surface area (Å²) < 4.78 is 50.5. The van der Waals surface area contributed by atoms with E-state index in [1.165, 1.54) is 0 Å². The zero-order chi connectivity index (χ0) is 43.6. The van der Waals surface area contributed by atoms with E-state index in [2.05, 4.69) is 5.32 Å². The summed E-state index contributed by atoms with van der Waals surface area (Å²) in [6.07, 6.45) is -44.0. The Labute approximate surface area is 333 Å². The van der Waals surface area contributed by atoms with Gasteiger partial charge in [-0.05, 0) is 0 Å². The molecule has 27 heteroatoms. The molecule has 0 saturated carbocycles. The SMILES string of the molecule is CC(=O)N[C@@H]1[C@H](O[C@H]2[C@@H](O)[C@H](O)[C@@H](O)O[C@@H]2CO[C@@H]2O[C@@H](CO)[C@H](O)[C@@H](O)[C@H]2O[C@@H]2O[C@H](CO)[C@@H](O)[C@H](O)[C@@H]2O)O[C@@H](CO)[C@@H](O[C@H]2O[C@H](CO)[C@@H](O)[C@H](O)[C@H]2O)[C@H]1O. The van der Waals surface area contributed by atoms with Gasteiger partial charge >= 0.3 is 0 Å². The molecule has 0 bridgehead atoms. The number of ether oxygens (including phenoxy) is 9. The predicted molar refractivity (Wildman–Crippen MR) is 178 cm³/mol. The number of carbonyl (C=O) groups excluding carboxylic acids is 1. The van der Waals surface area contributed by atoms with E-state index in [0.29, 0.717) is 0 Å². The van der Waals surface area contributed by atoms with Gasteiger partial charge in [-0.15, -0.1) is 0 Å². The lowest BCUT2D eigenvalue weighted by atomic mass is 9.94. The van der Waals surface area contributed by atoms with Crippen molar-refractivity contribution in [1.82, 2.24) is 5.32 Å². The molecule has 5 rings (SSSR count). The van der Waals surface area contributed by atoms with Gasteiger partial charge < -0.3 is 130 Å². The Morgan fingerprint density at radius 3 is 1.34 bits per heavy atom. The van der Waals surface area contributed by atoms with Crippen molar-refractivity contribution in [1.29, 1.82) is 0 Å². The minimum atomic E-state index is -2.12. The van der Waals surface area contributed by atoms with Gasteiger partial charge in [-0.1, -0.05) is 0 Å². The number of amides is 1. The summed E-state index contributed by atoms with van der Waals surface area (Å²) >= 11 is 0. The third-order valence-electron chi connectivity index (χ3n) is 10.7. The molecule has 5 aliphatic heterocycles. The molecule has 0 aromatic carbocycles. The van der Waals surface area contributed by atoms with Crippen molar-refractivity contribution in [3.8, 4) is 0 Å². The lowest BCUT2D eigenvalue weighted by Crippen LogP contribution is -2.69. The predicted octanol–water partition coefficient (Wildman–Crippen LogP) is -11.8. The molecule has 0 radical (unpaired) electrons. The summed E-state index contributed by atoms with van der Waals surface area (Å²) in [6.45, 7) is -3.35. The molecule has 17 N–H and O–H groups in total. The van der Waals surface area contributed by atoms with E-state index in [4.69, 9.17) is 42.6 Å². The van der Waals surface area contributed by atoms with Gasteiger partial charge in [-0.3, -0.25) is 4.79 Å². The highest BCUT2D eigenvalue weighted by Gasteiger charge is 2.55. The van der Waals surface area contributed by atoms with Crippen molar-refractivity contribution < 1.29 is 129 Å². The van der Waals surface area contributed by atoms with E-state index < -0.39 is 192 Å². The van der Waals surface area contributed by atoms with Crippen LogP contribution in [-0.2, 0) is 47.4 Å². The van der Waals surface area contributed by atoms with Crippen molar-refractivity contribution >= 4 is 5.91 Å². The largest absolute Gasteiger partial charge is 0.394 e. The summed E-state index contributed by atoms with van der Waals surface area (Å²) in [4.78, 5) is 12.3. The molecular formula is C32H55NO26. The van der Waals surface area contributed by atoms with E-state index in [0.717, 1.165) is 6.92 Å². The molecule has 1 amide bonds. The Balaban J connectivity index is 1.36. The highest BCUT2D eigenvalue weighted by molar-refractivity contribution is 5.73. The fourth-order valence-electron chi connectivity index (χ4n) is 7.31. The molecule has 5 saturated heterocycles. The van der Waals surface area contributed by atoms with Crippen LogP contribution in [0, 0.1) is 0 Å². The number of carbonyl (C=O) groups is 1. The normalized spacial score (nSPS) is 51.0. The molecule has 5 fully saturated rings. The number of hydrogen-bond acceptors (Lipinski definition) is 26. The first-order chi connectivity index (χ1) is 27.9. The van der Waals surface area contributed by atoms with Crippen molar-refractivity contribution in [3.63, 3.8) is 0 Å². The number of aliphatic hydroxyl groups is 16. The average molecular weight is 870 g/mol. The van der Waals surface area contributed by atoms with Gasteiger partial charge in [0.15, 0.2) is 31.5 Å². The fraction of sp³-hybridized carbons (Fsp3) is 0.969. The highest BCUT2D eigenvalue weighted by Crippen LogP contribution is 2.34. The Bertz CT molecular complexity index is 1320. The van der Waals surface area contributed by atoms with Gasteiger partial charge in [0.25, 0.3) is 0 Å². The van der Waals surface area contributed by atoms with Gasteiger partial charge in [0.1, 0.15) is 122 Å². The van der Waals surface area contributed by atoms with Crippen LogP contribution in [0.4, 0.5) is 0 Å². The number of rotatable bonds is 14. The number of nitrogens with one attached hydrogen (secondary N) is 1. The summed E-state index contributed by atoms with van der Waals surface area (Å²) in [5, 5.41) is 169.